The van der Waals surface area contributed by atoms with E-state index in [-0.39, 0.29) is 5.91 Å². The lowest BCUT2D eigenvalue weighted by Gasteiger charge is -2.34. The number of carbonyl (C=O) groups is 1. The number of nitrogens with one attached hydrogen (secondary N) is 2. The highest BCUT2D eigenvalue weighted by Crippen LogP contribution is 2.28. The highest BCUT2D eigenvalue weighted by molar-refractivity contribution is 6.31. The largest absolute Gasteiger partial charge is 0.495 e. The van der Waals surface area contributed by atoms with Gasteiger partial charge in [0.15, 0.2) is 6.54 Å². The second-order valence-corrected chi connectivity index (χ2v) is 7.53. The van der Waals surface area contributed by atoms with Crippen molar-refractivity contribution in [3.05, 3.63) is 52.0 Å². The van der Waals surface area contributed by atoms with Gasteiger partial charge < -0.3 is 19.9 Å². The van der Waals surface area contributed by atoms with Gasteiger partial charge in [-0.05, 0) is 42.8 Å². The predicted molar refractivity (Wildman–Crippen MR) is 111 cm³/mol. The zero-order valence-corrected chi connectivity index (χ0v) is 17.0. The minimum absolute atomic E-state index is 0.0436. The molecular weight excluding hydrogens is 385 g/mol. The van der Waals surface area contributed by atoms with Crippen molar-refractivity contribution < 1.29 is 14.4 Å². The molecule has 1 heterocycles. The van der Waals surface area contributed by atoms with Crippen LogP contribution in [-0.2, 0) is 4.79 Å². The molecule has 2 aromatic carbocycles. The van der Waals surface area contributed by atoms with E-state index in [0.29, 0.717) is 23.0 Å². The van der Waals surface area contributed by atoms with Crippen LogP contribution in [0.15, 0.2) is 36.4 Å². The van der Waals surface area contributed by atoms with Crippen molar-refractivity contribution in [2.24, 2.45) is 0 Å². The van der Waals surface area contributed by atoms with Crippen molar-refractivity contribution >= 4 is 40.5 Å². The average molecular weight is 409 g/mol. The van der Waals surface area contributed by atoms with Crippen LogP contribution in [0.5, 0.6) is 5.75 Å². The predicted octanol–water partition coefficient (Wildman–Crippen LogP) is 2.65. The Balaban J connectivity index is 1.55. The SMILES string of the molecule is COc1ccc(Cl)cc1NC(=O)C[NH+]1CCN(c2cccc(Cl)c2C)CC1. The monoisotopic (exact) mass is 408 g/mol. The van der Waals surface area contributed by atoms with Crippen LogP contribution >= 0.6 is 23.2 Å². The third-order valence-electron chi connectivity index (χ3n) is 4.90. The van der Waals surface area contributed by atoms with E-state index in [1.54, 1.807) is 25.3 Å². The lowest BCUT2D eigenvalue weighted by atomic mass is 10.1. The number of carbonyl (C=O) groups excluding carboxylic acids is 1. The summed E-state index contributed by atoms with van der Waals surface area (Å²) in [5.41, 5.74) is 2.88. The minimum Gasteiger partial charge on any atom is -0.495 e. The molecule has 0 aliphatic carbocycles. The molecule has 2 N–H and O–H groups in total. The highest BCUT2D eigenvalue weighted by atomic mass is 35.5. The number of hydrogen-bond acceptors (Lipinski definition) is 3. The van der Waals surface area contributed by atoms with Crippen LogP contribution in [-0.4, -0.2) is 45.7 Å². The molecule has 0 radical (unpaired) electrons. The maximum atomic E-state index is 12.4. The fraction of sp³-hybridized carbons (Fsp3) is 0.350. The van der Waals surface area contributed by atoms with Gasteiger partial charge in [0.05, 0.1) is 39.0 Å². The number of halogens is 2. The number of ether oxygens (including phenoxy) is 1. The molecule has 1 amide bonds. The van der Waals surface area contributed by atoms with E-state index in [2.05, 4.69) is 16.3 Å². The van der Waals surface area contributed by atoms with Gasteiger partial charge >= 0.3 is 0 Å². The molecular formula is C20H24Cl2N3O2+. The number of hydrogen-bond donors (Lipinski definition) is 2. The molecule has 0 aromatic heterocycles. The summed E-state index contributed by atoms with van der Waals surface area (Å²) in [7, 11) is 1.57. The maximum absolute atomic E-state index is 12.4. The van der Waals surface area contributed by atoms with Gasteiger partial charge in [-0.3, -0.25) is 4.79 Å². The number of nitrogens with zero attached hydrogens (tertiary/aromatic N) is 1. The molecule has 1 fully saturated rings. The molecule has 2 aromatic rings. The molecule has 1 saturated heterocycles. The third kappa shape index (κ3) is 4.86. The van der Waals surface area contributed by atoms with Gasteiger partial charge in [0.2, 0.25) is 0 Å². The second-order valence-electron chi connectivity index (χ2n) is 6.69. The van der Waals surface area contributed by atoms with E-state index in [0.717, 1.165) is 36.8 Å². The lowest BCUT2D eigenvalue weighted by molar-refractivity contribution is -0.892. The number of quaternary nitrogens is 1. The quantitative estimate of drug-likeness (QED) is 0.799. The van der Waals surface area contributed by atoms with Crippen LogP contribution in [0.3, 0.4) is 0 Å². The molecule has 0 atom stereocenters. The van der Waals surface area contributed by atoms with Crippen LogP contribution in [0.25, 0.3) is 0 Å². The number of anilines is 2. The van der Waals surface area contributed by atoms with Crippen LogP contribution in [0, 0.1) is 6.92 Å². The fourth-order valence-corrected chi connectivity index (χ4v) is 3.72. The zero-order chi connectivity index (χ0) is 19.4. The molecule has 1 aliphatic heterocycles. The summed E-state index contributed by atoms with van der Waals surface area (Å²) < 4.78 is 5.28. The Morgan fingerprint density at radius 2 is 1.96 bits per heavy atom. The van der Waals surface area contributed by atoms with Crippen molar-refractivity contribution in [1.82, 2.24) is 0 Å². The Hall–Kier alpha value is -1.95. The van der Waals surface area contributed by atoms with Crippen molar-refractivity contribution in [2.45, 2.75) is 6.92 Å². The summed E-state index contributed by atoms with van der Waals surface area (Å²) in [6.07, 6.45) is 0. The van der Waals surface area contributed by atoms with Crippen LogP contribution in [0.2, 0.25) is 10.0 Å². The first-order valence-corrected chi connectivity index (χ1v) is 9.70. The van der Waals surface area contributed by atoms with Gasteiger partial charge in [0.25, 0.3) is 5.91 Å². The van der Waals surface area contributed by atoms with Gasteiger partial charge in [0, 0.05) is 15.7 Å². The normalized spacial score (nSPS) is 14.9. The third-order valence-corrected chi connectivity index (χ3v) is 5.54. The fourth-order valence-electron chi connectivity index (χ4n) is 3.38. The Bertz CT molecular complexity index is 821. The minimum atomic E-state index is -0.0436. The van der Waals surface area contributed by atoms with E-state index in [1.165, 1.54) is 10.6 Å². The standard InChI is InChI=1S/C20H23Cl2N3O2/c1-14-16(22)4-3-5-18(14)25-10-8-24(9-11-25)13-20(26)23-17-12-15(21)6-7-19(17)27-2/h3-7,12H,8-11,13H2,1-2H3,(H,23,26)/p+1. The van der Waals surface area contributed by atoms with Crippen LogP contribution in [0.1, 0.15) is 5.56 Å². The zero-order valence-electron chi connectivity index (χ0n) is 15.5. The summed E-state index contributed by atoms with van der Waals surface area (Å²) in [6, 6.07) is 11.2. The van der Waals surface area contributed by atoms with Gasteiger partial charge in [-0.1, -0.05) is 29.3 Å². The Labute approximate surface area is 169 Å². The highest BCUT2D eigenvalue weighted by Gasteiger charge is 2.24. The van der Waals surface area contributed by atoms with E-state index >= 15 is 0 Å². The number of amides is 1. The molecule has 7 heteroatoms. The number of methoxy groups -OCH3 is 1. The van der Waals surface area contributed by atoms with Crippen LogP contribution < -0.4 is 19.9 Å². The number of piperazine rings is 1. The number of benzene rings is 2. The van der Waals surface area contributed by atoms with Crippen molar-refractivity contribution in [3.63, 3.8) is 0 Å². The van der Waals surface area contributed by atoms with E-state index in [4.69, 9.17) is 27.9 Å². The Morgan fingerprint density at radius 1 is 1.22 bits per heavy atom. The average Bonchev–Trinajstić information content (AvgIpc) is 2.65. The maximum Gasteiger partial charge on any atom is 0.279 e. The smallest absolute Gasteiger partial charge is 0.279 e. The molecule has 0 unspecified atom stereocenters. The summed E-state index contributed by atoms with van der Waals surface area (Å²) >= 11 is 12.3. The van der Waals surface area contributed by atoms with E-state index in [9.17, 15) is 4.79 Å². The molecule has 144 valence electrons. The van der Waals surface area contributed by atoms with Crippen molar-refractivity contribution in [3.8, 4) is 5.75 Å². The molecule has 3 rings (SSSR count). The molecule has 0 saturated carbocycles. The molecule has 0 bridgehead atoms. The number of rotatable bonds is 5. The Morgan fingerprint density at radius 3 is 2.67 bits per heavy atom. The lowest BCUT2D eigenvalue weighted by Crippen LogP contribution is -3.15. The Kier molecular flexibility index (Phi) is 6.47. The van der Waals surface area contributed by atoms with Gasteiger partial charge in [-0.25, -0.2) is 0 Å². The van der Waals surface area contributed by atoms with Crippen molar-refractivity contribution in [2.75, 3.05) is 50.1 Å². The summed E-state index contributed by atoms with van der Waals surface area (Å²) in [5, 5.41) is 4.26. The first kappa shape index (κ1) is 19.8. The van der Waals surface area contributed by atoms with E-state index in [1.807, 2.05) is 19.1 Å². The summed E-state index contributed by atoms with van der Waals surface area (Å²) in [6.45, 7) is 6.04. The van der Waals surface area contributed by atoms with Gasteiger partial charge in [-0.2, -0.15) is 0 Å². The molecule has 27 heavy (non-hydrogen) atoms. The molecule has 5 nitrogen and oxygen atoms in total. The van der Waals surface area contributed by atoms with Gasteiger partial charge in [0.1, 0.15) is 5.75 Å². The topological polar surface area (TPSA) is 46.0 Å². The molecule has 1 aliphatic rings. The summed E-state index contributed by atoms with van der Waals surface area (Å²) in [5.74, 6) is 0.557. The van der Waals surface area contributed by atoms with E-state index < -0.39 is 0 Å². The first-order chi connectivity index (χ1) is 13.0. The first-order valence-electron chi connectivity index (χ1n) is 8.95. The molecule has 0 spiro atoms. The van der Waals surface area contributed by atoms with Crippen molar-refractivity contribution in [1.29, 1.82) is 0 Å². The van der Waals surface area contributed by atoms with Crippen LogP contribution in [0.4, 0.5) is 11.4 Å². The van der Waals surface area contributed by atoms with Gasteiger partial charge in [-0.15, -0.1) is 0 Å². The second kappa shape index (κ2) is 8.83. The summed E-state index contributed by atoms with van der Waals surface area (Å²) in [4.78, 5) is 16.0.